The predicted molar refractivity (Wildman–Crippen MR) is 594 cm³/mol. The first kappa shape index (κ1) is 97.7. The van der Waals surface area contributed by atoms with Crippen LogP contribution >= 0.6 is 18.2 Å². The van der Waals surface area contributed by atoms with Crippen molar-refractivity contribution >= 4 is 160 Å². The molecule has 0 aliphatic carbocycles. The molecule has 0 saturated heterocycles. The summed E-state index contributed by atoms with van der Waals surface area (Å²) in [6.07, 6.45) is 2.95. The van der Waals surface area contributed by atoms with Crippen molar-refractivity contribution in [2.24, 2.45) is 4.66 Å². The van der Waals surface area contributed by atoms with Gasteiger partial charge in [-0.15, -0.1) is 35.9 Å². The number of aliphatic hydroxyl groups excluding tert-OH is 1. The molecule has 0 saturated carbocycles. The van der Waals surface area contributed by atoms with Gasteiger partial charge in [-0.1, -0.05) is 330 Å². The molecule has 15 heteroatoms. The monoisotopic (exact) mass is 2010 g/mol. The number of rotatable bonds is 14. The second-order valence-corrected chi connectivity index (χ2v) is 33.8. The molecule has 1 atom stereocenters. The van der Waals surface area contributed by atoms with Gasteiger partial charge in [-0.3, -0.25) is 14.8 Å². The number of carbonyl (C=O) groups excluding carboxylic acids is 1. The number of hydrogen-bond acceptors (Lipinski definition) is 8. The average Bonchev–Trinajstić information content (AvgIpc) is 1.73. The molecular weight excluding hydrogens is 1910 g/mol. The molecule has 23 aromatic rings. The Hall–Kier alpha value is -15.8. The van der Waals surface area contributed by atoms with E-state index in [9.17, 15) is 4.79 Å². The maximum absolute atomic E-state index is 10.0. The predicted octanol–water partition coefficient (Wildman–Crippen LogP) is 34.0. The van der Waals surface area contributed by atoms with E-state index in [-0.39, 0.29) is 39.1 Å². The van der Waals surface area contributed by atoms with E-state index in [4.69, 9.17) is 15.1 Å². The van der Waals surface area contributed by atoms with E-state index >= 15 is 0 Å². The molecule has 0 spiro atoms. The van der Waals surface area contributed by atoms with E-state index in [1.807, 2.05) is 68.4 Å². The first-order valence-electron chi connectivity index (χ1n) is 45.5. The molecule has 676 valence electrons. The van der Waals surface area contributed by atoms with Crippen LogP contribution in [0.2, 0.25) is 6.82 Å². The number of anilines is 6. The number of aromatic nitrogens is 5. The molecule has 0 bridgehead atoms. The zero-order chi connectivity index (χ0) is 94.4. The van der Waals surface area contributed by atoms with Crippen LogP contribution in [-0.2, 0) is 24.9 Å². The zero-order valence-corrected chi connectivity index (χ0v) is 81.7. The van der Waals surface area contributed by atoms with E-state index in [2.05, 4.69) is 487 Å². The molecule has 1 unspecified atom stereocenters. The van der Waals surface area contributed by atoms with Gasteiger partial charge in [-0.2, -0.15) is 9.12 Å². The van der Waals surface area contributed by atoms with Crippen LogP contribution in [0.1, 0.15) is 32.7 Å². The smallest absolute Gasteiger partial charge is 0.265 e. The molecule has 5 heterocycles. The minimum atomic E-state index is -0.125. The van der Waals surface area contributed by atoms with Crippen LogP contribution in [-0.4, -0.2) is 50.0 Å². The number of aryl methyl sites for hydroxylation is 2. The quantitative estimate of drug-likeness (QED) is 0.0289. The summed E-state index contributed by atoms with van der Waals surface area (Å²) >= 11 is 0. The summed E-state index contributed by atoms with van der Waals surface area (Å²) < 4.78 is 7.53. The number of benzene rings is 18. The summed E-state index contributed by atoms with van der Waals surface area (Å²) in [6.45, 7) is 10.8. The van der Waals surface area contributed by atoms with Gasteiger partial charge >= 0.3 is 0 Å². The Morgan fingerprint density at radius 3 is 1.02 bits per heavy atom. The summed E-state index contributed by atoms with van der Waals surface area (Å²) in [4.78, 5) is 28.7. The van der Waals surface area contributed by atoms with Gasteiger partial charge in [-0.05, 0) is 225 Å². The van der Waals surface area contributed by atoms with E-state index in [0.717, 1.165) is 78.6 Å². The Kier molecular flexibility index (Phi) is 33.1. The molecule has 0 fully saturated rings. The van der Waals surface area contributed by atoms with E-state index in [0.29, 0.717) is 0 Å². The number of allylic oxidation sites excluding steroid dienone is 2. The van der Waals surface area contributed by atoms with Crippen molar-refractivity contribution in [1.29, 1.82) is 0 Å². The van der Waals surface area contributed by atoms with Gasteiger partial charge in [0.2, 0.25) is 0 Å². The Labute approximate surface area is 833 Å². The molecule has 139 heavy (non-hydrogen) atoms. The van der Waals surface area contributed by atoms with Crippen molar-refractivity contribution in [2.45, 2.75) is 41.9 Å². The van der Waals surface area contributed by atoms with Gasteiger partial charge in [0.25, 0.3) is 7.98 Å². The molecule has 1 N–H and O–H groups in total. The van der Waals surface area contributed by atoms with Crippen LogP contribution in [0.3, 0.4) is 0 Å². The third-order valence-corrected chi connectivity index (χ3v) is 23.6. The van der Waals surface area contributed by atoms with Crippen LogP contribution in [0.4, 0.5) is 34.1 Å². The van der Waals surface area contributed by atoms with Gasteiger partial charge in [0, 0.05) is 121 Å². The second kappa shape index (κ2) is 47.1. The second-order valence-electron chi connectivity index (χ2n) is 32.8. The molecule has 4 radical (unpaired) electrons. The minimum Gasteiger partial charge on any atom is -0.512 e. The summed E-state index contributed by atoms with van der Waals surface area (Å²) in [5.74, 6) is -0.0625. The van der Waals surface area contributed by atoms with Crippen molar-refractivity contribution in [1.82, 2.24) is 24.1 Å². The number of carbonyl (C=O) groups is 1. The van der Waals surface area contributed by atoms with Crippen LogP contribution in [0.15, 0.2) is 490 Å². The fourth-order valence-corrected chi connectivity index (χ4v) is 17.7. The maximum Gasteiger partial charge on any atom is 0.265 e. The molecular formula is C124H102B2IrN8O2P2-. The van der Waals surface area contributed by atoms with Crippen molar-refractivity contribution in [3.63, 3.8) is 0 Å². The van der Waals surface area contributed by atoms with Gasteiger partial charge in [0.1, 0.15) is 7.00 Å². The van der Waals surface area contributed by atoms with Gasteiger partial charge in [0.05, 0.1) is 50.2 Å². The fraction of sp³-hybridized carbons (Fsp3) is 0.0484. The molecule has 18 aromatic carbocycles. The summed E-state index contributed by atoms with van der Waals surface area (Å²) in [7, 11) is 9.43. The number of ketones is 1. The Morgan fingerprint density at radius 2 is 0.691 bits per heavy atom. The van der Waals surface area contributed by atoms with E-state index in [1.54, 1.807) is 6.20 Å². The number of para-hydroxylation sites is 6. The fourth-order valence-electron chi connectivity index (χ4n) is 17.7. The number of pyridine rings is 3. The van der Waals surface area contributed by atoms with E-state index in [1.165, 1.54) is 141 Å². The first-order valence-corrected chi connectivity index (χ1v) is 46.6. The first-order chi connectivity index (χ1) is 67.3. The number of aliphatic hydroxyl groups is 1. The van der Waals surface area contributed by atoms with Crippen molar-refractivity contribution in [3.05, 3.63) is 503 Å². The normalized spacial score (nSPS) is 10.7. The molecule has 10 nitrogen and oxygen atoms in total. The van der Waals surface area contributed by atoms with Crippen LogP contribution in [0.5, 0.6) is 0 Å². The molecule has 0 aliphatic rings. The molecule has 23 rings (SSSR count). The van der Waals surface area contributed by atoms with Gasteiger partial charge in [-0.25, -0.2) is 0 Å². The van der Waals surface area contributed by atoms with Gasteiger partial charge < -0.3 is 33.7 Å². The molecule has 0 amide bonds. The number of fused-ring (bicyclic) bond motifs is 11. The molecule has 5 aromatic heterocycles. The molecule has 0 aliphatic heterocycles. The van der Waals surface area contributed by atoms with Gasteiger partial charge in [0.15, 0.2) is 5.78 Å². The standard InChI is InChI=1S/C44H32N2.C36H24N2.C26H20N2.C11H8N.C5H8O2.CH5BP.CH4.BHNP.Ir/c1-3-17-37(18-4-1)45(43-23-11-15-35-13-7-9-21-41(35)43)39-29-25-33(26-30-39)34-27-31-40(32-28-34)46(38-19-5-2-6-20-38)44-24-12-16-36-14-8-10-22-42(36)44;1-5-13-33-29(9-1)30-10-2-6-14-34(30)37(33)27-21-17-25(18-22-27)26-19-23-28(24-20-26)38-35-15-7-3-11-31(35)32-12-4-8-16-36(32)38;1-17-15-23(19-9-5-3-6-10-19)21-13-14-22-24(20-11-7-4-8-12-20)16-18(2)28-26(22)25(21)27-17;1-2-6-10(7-3-1)11-8-4-5-9-12-11;1-4(6)3-5(2)7;1-2-3;;1-2-3;/h1-32H;1-24H;3-16H,1-2H3;1-6,8-9H;3,6H,1-2H3;3H2,1H3;1H4;3H;/q;;;-1;;;;;. The number of hydrogen-bond donors (Lipinski definition) is 1. The van der Waals surface area contributed by atoms with E-state index < -0.39 is 0 Å². The van der Waals surface area contributed by atoms with Crippen LogP contribution < -0.4 is 9.80 Å². The third kappa shape index (κ3) is 22.6. The van der Waals surface area contributed by atoms with Crippen LogP contribution in [0.25, 0.3) is 154 Å². The minimum absolute atomic E-state index is 0. The van der Waals surface area contributed by atoms with Crippen molar-refractivity contribution < 1.29 is 30.0 Å². The summed E-state index contributed by atoms with van der Waals surface area (Å²) in [6, 6.07) is 168. The Balaban J connectivity index is 0.000000142. The zero-order valence-electron chi connectivity index (χ0n) is 77.1. The van der Waals surface area contributed by atoms with Crippen molar-refractivity contribution in [2.75, 3.05) is 9.80 Å². The summed E-state index contributed by atoms with van der Waals surface area (Å²) in [5.41, 5.74) is 29.7. The number of nitrogens with zero attached hydrogens (tertiary/aromatic N) is 8. The largest absolute Gasteiger partial charge is 0.512 e. The van der Waals surface area contributed by atoms with Crippen molar-refractivity contribution in [3.8, 4) is 67.1 Å². The third-order valence-electron chi connectivity index (χ3n) is 23.6. The average molecular weight is 2010 g/mol. The van der Waals surface area contributed by atoms with Crippen LogP contribution in [0, 0.1) is 19.9 Å². The Morgan fingerprint density at radius 1 is 0.381 bits per heavy atom. The maximum atomic E-state index is 10.0. The summed E-state index contributed by atoms with van der Waals surface area (Å²) in [5, 5.41) is 20.7. The Bertz CT molecular complexity index is 7530. The topological polar surface area (TPSA) is 105 Å². The SMILES string of the molecule is C.CC(=O)C=C(C)O.C[B]P.Cc1cc(-c2ccccc2)c2ccc3c(-c4ccccc4)cc(C)nc3c2n1.[B]N=P.[Ir].[c-]1ccccc1-c1ccccn1.c1ccc(N(c2ccc(-c3ccc(N(c4ccccc4)c4cccc5ccccc45)cc3)cc2)c2cccc3ccccc23)cc1.c1ccc2c(c1)c1ccccc1n2-c1ccc(-c2ccc(-n3c4ccccc4c4ccccc43)cc2)cc1.